The third-order valence-corrected chi connectivity index (χ3v) is 5.47. The van der Waals surface area contributed by atoms with Crippen LogP contribution in [0, 0.1) is 11.2 Å². The fraction of sp³-hybridized carbons (Fsp3) is 0.409. The molecule has 0 amide bonds. The van der Waals surface area contributed by atoms with Gasteiger partial charge in [-0.05, 0) is 30.4 Å². The number of alkyl halides is 1. The quantitative estimate of drug-likeness (QED) is 0.555. The van der Waals surface area contributed by atoms with Crippen molar-refractivity contribution in [2.75, 3.05) is 5.32 Å². The van der Waals surface area contributed by atoms with Gasteiger partial charge in [-0.2, -0.15) is 0 Å². The molecule has 30 heavy (non-hydrogen) atoms. The number of carboxylic acids is 1. The van der Waals surface area contributed by atoms with Crippen molar-refractivity contribution in [3.05, 3.63) is 60.0 Å². The van der Waals surface area contributed by atoms with E-state index in [-0.39, 0.29) is 18.1 Å². The highest BCUT2D eigenvalue weighted by Gasteiger charge is 2.35. The van der Waals surface area contributed by atoms with Crippen LogP contribution in [0.5, 0.6) is 0 Å². The third-order valence-electron chi connectivity index (χ3n) is 5.47. The van der Waals surface area contributed by atoms with Crippen LogP contribution in [0.3, 0.4) is 0 Å². The maximum Gasteiger partial charge on any atom is 0.305 e. The first-order valence-electron chi connectivity index (χ1n) is 9.75. The highest BCUT2D eigenvalue weighted by atomic mass is 19.1. The van der Waals surface area contributed by atoms with Crippen molar-refractivity contribution in [1.82, 2.24) is 15.3 Å². The van der Waals surface area contributed by atoms with Crippen LogP contribution in [-0.2, 0) is 4.79 Å². The van der Waals surface area contributed by atoms with E-state index in [4.69, 9.17) is 0 Å². The second-order valence-corrected chi connectivity index (χ2v) is 8.32. The predicted molar refractivity (Wildman–Crippen MR) is 112 cm³/mol. The number of anilines is 1. The first-order valence-corrected chi connectivity index (χ1v) is 9.75. The highest BCUT2D eigenvalue weighted by Crippen LogP contribution is 2.36. The van der Waals surface area contributed by atoms with E-state index in [0.29, 0.717) is 17.6 Å². The number of aliphatic carboxylic acids is 1. The minimum Gasteiger partial charge on any atom is -0.481 e. The average Bonchev–Trinajstić information content (AvgIpc) is 3.06. The SMILES string of the molecule is C=CCC(C)(C)C(CC(=O)O)Nc1nc(C2=CNC3C2=CC(C)=CC3F)ncc1F. The van der Waals surface area contributed by atoms with Gasteiger partial charge in [-0.15, -0.1) is 6.58 Å². The molecule has 0 saturated carbocycles. The maximum absolute atomic E-state index is 14.5. The minimum absolute atomic E-state index is 0.0896. The Kier molecular flexibility index (Phi) is 6.05. The number of hydrogen-bond donors (Lipinski definition) is 3. The number of carbonyl (C=O) groups is 1. The summed E-state index contributed by atoms with van der Waals surface area (Å²) >= 11 is 0. The van der Waals surface area contributed by atoms with Gasteiger partial charge in [-0.1, -0.05) is 31.6 Å². The monoisotopic (exact) mass is 416 g/mol. The Balaban J connectivity index is 1.93. The van der Waals surface area contributed by atoms with Gasteiger partial charge >= 0.3 is 5.97 Å². The molecule has 3 N–H and O–H groups in total. The van der Waals surface area contributed by atoms with Crippen LogP contribution in [0.1, 0.15) is 39.4 Å². The maximum atomic E-state index is 14.5. The normalized spacial score (nSPS) is 21.6. The van der Waals surface area contributed by atoms with Crippen molar-refractivity contribution in [2.45, 2.75) is 51.9 Å². The predicted octanol–water partition coefficient (Wildman–Crippen LogP) is 4.01. The van der Waals surface area contributed by atoms with Crippen molar-refractivity contribution in [2.24, 2.45) is 5.41 Å². The zero-order valence-corrected chi connectivity index (χ0v) is 17.2. The first-order chi connectivity index (χ1) is 14.1. The van der Waals surface area contributed by atoms with Crippen molar-refractivity contribution < 1.29 is 18.7 Å². The van der Waals surface area contributed by atoms with Crippen LogP contribution >= 0.6 is 0 Å². The molecule has 3 rings (SSSR count). The van der Waals surface area contributed by atoms with E-state index in [1.54, 1.807) is 12.3 Å². The number of fused-ring (bicyclic) bond motifs is 1. The Morgan fingerprint density at radius 2 is 2.23 bits per heavy atom. The molecular formula is C22H26F2N4O2. The molecule has 6 nitrogen and oxygen atoms in total. The van der Waals surface area contributed by atoms with Gasteiger partial charge in [0.25, 0.3) is 0 Å². The van der Waals surface area contributed by atoms with Crippen LogP contribution in [0.4, 0.5) is 14.6 Å². The molecule has 0 aromatic carbocycles. The molecule has 1 aromatic rings. The summed E-state index contributed by atoms with van der Waals surface area (Å²) in [5.74, 6) is -1.55. The van der Waals surface area contributed by atoms with Crippen LogP contribution in [0.15, 0.2) is 48.4 Å². The largest absolute Gasteiger partial charge is 0.481 e. The van der Waals surface area contributed by atoms with Crippen LogP contribution < -0.4 is 10.6 Å². The number of halogens is 2. The third kappa shape index (κ3) is 4.42. The number of hydrogen-bond acceptors (Lipinski definition) is 5. The van der Waals surface area contributed by atoms with Gasteiger partial charge in [0.15, 0.2) is 17.5 Å². The molecule has 160 valence electrons. The van der Waals surface area contributed by atoms with Gasteiger partial charge in [0, 0.05) is 17.8 Å². The molecule has 0 spiro atoms. The Bertz CT molecular complexity index is 952. The number of nitrogens with zero attached hydrogens (tertiary/aromatic N) is 2. The zero-order valence-electron chi connectivity index (χ0n) is 17.2. The van der Waals surface area contributed by atoms with E-state index < -0.39 is 35.5 Å². The molecule has 1 aliphatic heterocycles. The molecule has 0 bridgehead atoms. The second kappa shape index (κ2) is 8.38. The number of aromatic nitrogens is 2. The molecule has 3 unspecified atom stereocenters. The fourth-order valence-corrected chi connectivity index (χ4v) is 3.75. The summed E-state index contributed by atoms with van der Waals surface area (Å²) in [5.41, 5.74) is 1.57. The lowest BCUT2D eigenvalue weighted by atomic mass is 9.79. The highest BCUT2D eigenvalue weighted by molar-refractivity contribution is 5.81. The van der Waals surface area contributed by atoms with Crippen molar-refractivity contribution in [1.29, 1.82) is 0 Å². The molecular weight excluding hydrogens is 390 g/mol. The Labute approximate surface area is 174 Å². The summed E-state index contributed by atoms with van der Waals surface area (Å²) in [5, 5.41) is 15.2. The van der Waals surface area contributed by atoms with Crippen LogP contribution in [0.2, 0.25) is 0 Å². The van der Waals surface area contributed by atoms with Gasteiger partial charge < -0.3 is 15.7 Å². The van der Waals surface area contributed by atoms with Gasteiger partial charge in [0.05, 0.1) is 18.7 Å². The van der Waals surface area contributed by atoms with Crippen LogP contribution in [0.25, 0.3) is 5.57 Å². The first kappa shape index (κ1) is 21.7. The molecule has 0 fully saturated rings. The van der Waals surface area contributed by atoms with Crippen molar-refractivity contribution in [3.8, 4) is 0 Å². The lowest BCUT2D eigenvalue weighted by Crippen LogP contribution is -2.38. The summed E-state index contributed by atoms with van der Waals surface area (Å²) < 4.78 is 28.8. The van der Waals surface area contributed by atoms with E-state index in [0.717, 1.165) is 11.8 Å². The summed E-state index contributed by atoms with van der Waals surface area (Å²) in [4.78, 5) is 19.8. The topological polar surface area (TPSA) is 87.1 Å². The number of allylic oxidation sites excluding steroid dienone is 3. The van der Waals surface area contributed by atoms with Crippen molar-refractivity contribution in [3.63, 3.8) is 0 Å². The summed E-state index contributed by atoms with van der Waals surface area (Å²) in [6, 6.07) is -1.12. The molecule has 1 aromatic heterocycles. The molecule has 0 radical (unpaired) electrons. The van der Waals surface area contributed by atoms with E-state index in [1.807, 2.05) is 26.8 Å². The van der Waals surface area contributed by atoms with Gasteiger partial charge in [-0.25, -0.2) is 18.7 Å². The summed E-state index contributed by atoms with van der Waals surface area (Å²) in [6.45, 7) is 9.29. The number of rotatable bonds is 8. The standard InChI is InChI=1S/C22H26F2N4O2/c1-5-6-22(3,4)17(9-18(29)30)27-21-16(24)11-26-20(28-21)14-10-25-19-13(14)7-12(2)8-15(19)23/h5,7-8,10-11,15,17,19,25H,1,6,9H2,2-4H3,(H,29,30)(H,26,27,28). The summed E-state index contributed by atoms with van der Waals surface area (Å²) in [7, 11) is 0. The van der Waals surface area contributed by atoms with Gasteiger partial charge in [0.2, 0.25) is 0 Å². The molecule has 2 aliphatic rings. The Hall–Kier alpha value is -3.03. The van der Waals surface area contributed by atoms with Gasteiger partial charge in [-0.3, -0.25) is 4.79 Å². The van der Waals surface area contributed by atoms with E-state index >= 15 is 0 Å². The van der Waals surface area contributed by atoms with Crippen LogP contribution in [-0.4, -0.2) is 39.3 Å². The second-order valence-electron chi connectivity index (χ2n) is 8.32. The smallest absolute Gasteiger partial charge is 0.305 e. The lowest BCUT2D eigenvalue weighted by molar-refractivity contribution is -0.137. The molecule has 8 heteroatoms. The zero-order chi connectivity index (χ0) is 22.1. The summed E-state index contributed by atoms with van der Waals surface area (Å²) in [6.07, 6.45) is 6.89. The van der Waals surface area contributed by atoms with Gasteiger partial charge in [0.1, 0.15) is 6.17 Å². The molecule has 0 saturated heterocycles. The lowest BCUT2D eigenvalue weighted by Gasteiger charge is -2.33. The van der Waals surface area contributed by atoms with E-state index in [9.17, 15) is 18.7 Å². The molecule has 2 heterocycles. The Morgan fingerprint density at radius 3 is 2.90 bits per heavy atom. The minimum atomic E-state index is -1.18. The van der Waals surface area contributed by atoms with E-state index in [2.05, 4.69) is 27.2 Å². The van der Waals surface area contributed by atoms with E-state index in [1.165, 1.54) is 6.08 Å². The van der Waals surface area contributed by atoms with Crippen molar-refractivity contribution >= 4 is 17.4 Å². The number of nitrogens with one attached hydrogen (secondary N) is 2. The fourth-order valence-electron chi connectivity index (χ4n) is 3.75. The average molecular weight is 416 g/mol. The Morgan fingerprint density at radius 1 is 1.50 bits per heavy atom. The molecule has 1 aliphatic carbocycles. The molecule has 3 atom stereocenters. The number of carboxylic acid groups (broad SMARTS) is 1.